The van der Waals surface area contributed by atoms with Gasteiger partial charge in [0.2, 0.25) is 0 Å². The number of rotatable bonds is 6. The van der Waals surface area contributed by atoms with Crippen LogP contribution in [0.4, 0.5) is 0 Å². The van der Waals surface area contributed by atoms with Crippen molar-refractivity contribution in [1.29, 1.82) is 0 Å². The van der Waals surface area contributed by atoms with Crippen molar-refractivity contribution in [1.82, 2.24) is 5.32 Å². The van der Waals surface area contributed by atoms with Crippen molar-refractivity contribution >= 4 is 45.8 Å². The Morgan fingerprint density at radius 2 is 2.14 bits per heavy atom. The Morgan fingerprint density at radius 1 is 1.33 bits per heavy atom. The maximum absolute atomic E-state index is 11.7. The minimum absolute atomic E-state index is 0.0490. The van der Waals surface area contributed by atoms with Crippen molar-refractivity contribution in [3.63, 3.8) is 0 Å². The lowest BCUT2D eigenvalue weighted by Crippen LogP contribution is -2.28. The summed E-state index contributed by atoms with van der Waals surface area (Å²) in [5.41, 5.74) is 0.0490. The van der Waals surface area contributed by atoms with Crippen LogP contribution in [-0.4, -0.2) is 23.6 Å². The molecule has 0 aliphatic heterocycles. The van der Waals surface area contributed by atoms with Crippen molar-refractivity contribution < 1.29 is 19.4 Å². The number of carboxylic acid groups (broad SMARTS) is 1. The molecular formula is C14H12INO4S. The first kappa shape index (κ1) is 15.8. The van der Waals surface area contributed by atoms with Crippen LogP contribution >= 0.6 is 33.9 Å². The van der Waals surface area contributed by atoms with Gasteiger partial charge in [0.1, 0.15) is 11.3 Å². The van der Waals surface area contributed by atoms with E-state index in [2.05, 4.69) is 5.32 Å². The molecule has 0 saturated carbocycles. The van der Waals surface area contributed by atoms with Gasteiger partial charge in [-0.2, -0.15) is 0 Å². The normalized spacial score (nSPS) is 10.1. The SMILES string of the molecule is O=C(COc1ccc(I)cc1C(=O)O)NCc1cccs1. The summed E-state index contributed by atoms with van der Waals surface area (Å²) >= 11 is 3.57. The lowest BCUT2D eigenvalue weighted by Gasteiger charge is -2.09. The Morgan fingerprint density at radius 3 is 2.81 bits per heavy atom. The third kappa shape index (κ3) is 4.71. The lowest BCUT2D eigenvalue weighted by molar-refractivity contribution is -0.123. The first-order valence-electron chi connectivity index (χ1n) is 6.01. The second-order valence-corrected chi connectivity index (χ2v) is 6.37. The molecule has 0 saturated heterocycles. The van der Waals surface area contributed by atoms with Gasteiger partial charge < -0.3 is 15.2 Å². The molecule has 0 unspecified atom stereocenters. The zero-order valence-electron chi connectivity index (χ0n) is 10.8. The average molecular weight is 417 g/mol. The number of nitrogens with one attached hydrogen (secondary N) is 1. The number of carboxylic acids is 1. The zero-order valence-corrected chi connectivity index (χ0v) is 13.8. The van der Waals surface area contributed by atoms with Crippen molar-refractivity contribution in [2.45, 2.75) is 6.54 Å². The van der Waals surface area contributed by atoms with Crippen molar-refractivity contribution in [3.8, 4) is 5.75 Å². The number of carbonyl (C=O) groups excluding carboxylic acids is 1. The molecule has 0 atom stereocenters. The molecule has 2 rings (SSSR count). The second kappa shape index (κ2) is 7.41. The smallest absolute Gasteiger partial charge is 0.339 e. The molecule has 0 bridgehead atoms. The molecule has 0 aliphatic rings. The van der Waals surface area contributed by atoms with E-state index >= 15 is 0 Å². The number of hydrogen-bond donors (Lipinski definition) is 2. The van der Waals surface area contributed by atoms with Gasteiger partial charge in [-0.3, -0.25) is 4.79 Å². The molecular weight excluding hydrogens is 405 g/mol. The van der Waals surface area contributed by atoms with E-state index in [1.54, 1.807) is 23.5 Å². The van der Waals surface area contributed by atoms with Crippen LogP contribution in [0, 0.1) is 3.57 Å². The van der Waals surface area contributed by atoms with Crippen LogP contribution in [-0.2, 0) is 11.3 Å². The monoisotopic (exact) mass is 417 g/mol. The number of aromatic carboxylic acids is 1. The van der Waals surface area contributed by atoms with Crippen LogP contribution < -0.4 is 10.1 Å². The maximum Gasteiger partial charge on any atom is 0.339 e. The Balaban J connectivity index is 1.90. The van der Waals surface area contributed by atoms with Crippen molar-refractivity contribution in [2.75, 3.05) is 6.61 Å². The maximum atomic E-state index is 11.7. The molecule has 110 valence electrons. The highest BCUT2D eigenvalue weighted by Gasteiger charge is 2.13. The van der Waals surface area contributed by atoms with E-state index in [-0.39, 0.29) is 23.8 Å². The van der Waals surface area contributed by atoms with E-state index in [1.165, 1.54) is 6.07 Å². The molecule has 0 radical (unpaired) electrons. The summed E-state index contributed by atoms with van der Waals surface area (Å²) < 4.78 is 6.08. The van der Waals surface area contributed by atoms with Gasteiger partial charge in [-0.05, 0) is 52.2 Å². The molecule has 0 fully saturated rings. The van der Waals surface area contributed by atoms with Crippen LogP contribution in [0.25, 0.3) is 0 Å². The molecule has 2 N–H and O–H groups in total. The Kier molecular flexibility index (Phi) is 5.57. The van der Waals surface area contributed by atoms with Crippen LogP contribution in [0.1, 0.15) is 15.2 Å². The van der Waals surface area contributed by atoms with Crippen LogP contribution in [0.5, 0.6) is 5.75 Å². The quantitative estimate of drug-likeness (QED) is 0.709. The number of carbonyl (C=O) groups is 2. The Hall–Kier alpha value is -1.61. The molecule has 1 heterocycles. The number of benzene rings is 1. The fraction of sp³-hybridized carbons (Fsp3) is 0.143. The van der Waals surface area contributed by atoms with E-state index in [0.717, 1.165) is 8.45 Å². The summed E-state index contributed by atoms with van der Waals surface area (Å²) in [5, 5.41) is 13.7. The first-order valence-corrected chi connectivity index (χ1v) is 7.97. The molecule has 1 amide bonds. The summed E-state index contributed by atoms with van der Waals surface area (Å²) in [6.07, 6.45) is 0. The zero-order chi connectivity index (χ0) is 15.2. The molecule has 5 nitrogen and oxygen atoms in total. The second-order valence-electron chi connectivity index (χ2n) is 4.09. The van der Waals surface area contributed by atoms with Gasteiger partial charge in [0.05, 0.1) is 6.54 Å². The van der Waals surface area contributed by atoms with Crippen LogP contribution in [0.3, 0.4) is 0 Å². The average Bonchev–Trinajstić information content (AvgIpc) is 2.97. The van der Waals surface area contributed by atoms with Gasteiger partial charge >= 0.3 is 5.97 Å². The van der Waals surface area contributed by atoms with Gasteiger partial charge in [0, 0.05) is 8.45 Å². The lowest BCUT2D eigenvalue weighted by atomic mass is 10.2. The molecule has 2 aromatic rings. The highest BCUT2D eigenvalue weighted by molar-refractivity contribution is 14.1. The summed E-state index contributed by atoms with van der Waals surface area (Å²) in [6.45, 7) is 0.227. The fourth-order valence-corrected chi connectivity index (χ4v) is 2.72. The molecule has 7 heteroatoms. The standard InChI is InChI=1S/C14H12INO4S/c15-9-3-4-12(11(6-9)14(18)19)20-8-13(17)16-7-10-2-1-5-21-10/h1-6H,7-8H2,(H,16,17)(H,18,19). The largest absolute Gasteiger partial charge is 0.483 e. The predicted molar refractivity (Wildman–Crippen MR) is 87.8 cm³/mol. The number of amides is 1. The number of hydrogen-bond acceptors (Lipinski definition) is 4. The van der Waals surface area contributed by atoms with E-state index in [4.69, 9.17) is 9.84 Å². The number of ether oxygens (including phenoxy) is 1. The highest BCUT2D eigenvalue weighted by atomic mass is 127. The summed E-state index contributed by atoms with van der Waals surface area (Å²) in [4.78, 5) is 23.8. The van der Waals surface area contributed by atoms with E-state index in [9.17, 15) is 9.59 Å². The summed E-state index contributed by atoms with van der Waals surface area (Å²) in [6, 6.07) is 8.62. The van der Waals surface area contributed by atoms with Gasteiger partial charge in [0.25, 0.3) is 5.91 Å². The number of thiophene rings is 1. The molecule has 21 heavy (non-hydrogen) atoms. The molecule has 0 aliphatic carbocycles. The van der Waals surface area contributed by atoms with E-state index in [0.29, 0.717) is 6.54 Å². The summed E-state index contributed by atoms with van der Waals surface area (Å²) in [7, 11) is 0. The minimum Gasteiger partial charge on any atom is -0.483 e. The minimum atomic E-state index is -1.08. The van der Waals surface area contributed by atoms with Crippen LogP contribution in [0.15, 0.2) is 35.7 Å². The Labute approximate surface area is 139 Å². The third-order valence-electron chi connectivity index (χ3n) is 2.57. The van der Waals surface area contributed by atoms with Gasteiger partial charge in [-0.15, -0.1) is 11.3 Å². The van der Waals surface area contributed by atoms with Crippen molar-refractivity contribution in [3.05, 3.63) is 49.7 Å². The van der Waals surface area contributed by atoms with Gasteiger partial charge in [-0.1, -0.05) is 6.07 Å². The Bertz CT molecular complexity index is 642. The van der Waals surface area contributed by atoms with Gasteiger partial charge in [0.15, 0.2) is 6.61 Å². The van der Waals surface area contributed by atoms with Gasteiger partial charge in [-0.25, -0.2) is 4.79 Å². The van der Waals surface area contributed by atoms with Crippen molar-refractivity contribution in [2.24, 2.45) is 0 Å². The molecule has 1 aromatic heterocycles. The highest BCUT2D eigenvalue weighted by Crippen LogP contribution is 2.21. The summed E-state index contributed by atoms with van der Waals surface area (Å²) in [5.74, 6) is -1.19. The van der Waals surface area contributed by atoms with E-state index in [1.807, 2.05) is 40.1 Å². The third-order valence-corrected chi connectivity index (χ3v) is 4.12. The predicted octanol–water partition coefficient (Wildman–Crippen LogP) is 2.75. The number of halogens is 1. The molecule has 1 aromatic carbocycles. The molecule has 0 spiro atoms. The van der Waals surface area contributed by atoms with Crippen LogP contribution in [0.2, 0.25) is 0 Å². The first-order chi connectivity index (χ1) is 10.1. The topological polar surface area (TPSA) is 75.6 Å². The fourth-order valence-electron chi connectivity index (χ4n) is 1.59. The van der Waals surface area contributed by atoms with E-state index < -0.39 is 5.97 Å².